The first kappa shape index (κ1) is 14.4. The van der Waals surface area contributed by atoms with Crippen molar-refractivity contribution in [1.82, 2.24) is 19.9 Å². The van der Waals surface area contributed by atoms with Crippen LogP contribution in [0, 0.1) is 0 Å². The molecule has 108 valence electrons. The van der Waals surface area contributed by atoms with E-state index in [9.17, 15) is 0 Å². The third-order valence-corrected chi connectivity index (χ3v) is 3.99. The van der Waals surface area contributed by atoms with E-state index in [1.807, 2.05) is 4.68 Å². The van der Waals surface area contributed by atoms with E-state index in [0.29, 0.717) is 0 Å². The summed E-state index contributed by atoms with van der Waals surface area (Å²) in [4.78, 5) is 2.39. The first-order valence-electron chi connectivity index (χ1n) is 7.04. The van der Waals surface area contributed by atoms with E-state index in [-0.39, 0.29) is 11.6 Å². The number of aryl methyl sites for hydroxylation is 1. The molecule has 0 saturated carbocycles. The van der Waals surface area contributed by atoms with E-state index in [4.69, 9.17) is 10.5 Å². The molecule has 2 rings (SSSR count). The Morgan fingerprint density at radius 1 is 1.42 bits per heavy atom. The van der Waals surface area contributed by atoms with Crippen LogP contribution in [-0.4, -0.2) is 51.7 Å². The summed E-state index contributed by atoms with van der Waals surface area (Å²) in [5.74, 6) is 0. The second-order valence-corrected chi connectivity index (χ2v) is 5.61. The maximum absolute atomic E-state index is 6.50. The number of hydrogen-bond acceptors (Lipinski definition) is 5. The Morgan fingerprint density at radius 2 is 2.11 bits per heavy atom. The second kappa shape index (κ2) is 5.98. The van der Waals surface area contributed by atoms with Gasteiger partial charge in [0, 0.05) is 25.2 Å². The van der Waals surface area contributed by atoms with Crippen molar-refractivity contribution in [1.29, 1.82) is 0 Å². The summed E-state index contributed by atoms with van der Waals surface area (Å²) in [6.07, 6.45) is 2.82. The number of rotatable bonds is 5. The fourth-order valence-corrected chi connectivity index (χ4v) is 2.59. The van der Waals surface area contributed by atoms with E-state index in [1.54, 1.807) is 6.20 Å². The monoisotopic (exact) mass is 267 g/mol. The molecular weight excluding hydrogens is 242 g/mol. The standard InChI is InChI=1S/C13H25N5O/c1-4-5-18-11(10-15-16-18)12(14)13(2,3)17-6-8-19-9-7-17/h10,12H,4-9,14H2,1-3H3. The molecule has 1 saturated heterocycles. The van der Waals surface area contributed by atoms with Crippen LogP contribution < -0.4 is 5.73 Å². The Bertz CT molecular complexity index is 397. The van der Waals surface area contributed by atoms with Gasteiger partial charge in [-0.3, -0.25) is 4.90 Å². The molecule has 1 fully saturated rings. The molecule has 2 N–H and O–H groups in total. The van der Waals surface area contributed by atoms with Crippen LogP contribution in [0.5, 0.6) is 0 Å². The first-order valence-corrected chi connectivity index (χ1v) is 7.04. The van der Waals surface area contributed by atoms with Crippen molar-refractivity contribution < 1.29 is 4.74 Å². The van der Waals surface area contributed by atoms with Gasteiger partial charge in [0.2, 0.25) is 0 Å². The summed E-state index contributed by atoms with van der Waals surface area (Å²) in [5.41, 5.74) is 7.38. The van der Waals surface area contributed by atoms with Gasteiger partial charge in [-0.15, -0.1) is 5.10 Å². The topological polar surface area (TPSA) is 69.2 Å². The molecule has 1 unspecified atom stereocenters. The molecule has 1 aliphatic heterocycles. The minimum absolute atomic E-state index is 0.104. The number of nitrogens with zero attached hydrogens (tertiary/aromatic N) is 4. The van der Waals surface area contributed by atoms with Crippen LogP contribution in [0.1, 0.15) is 38.9 Å². The van der Waals surface area contributed by atoms with Crippen LogP contribution in [0.4, 0.5) is 0 Å². The summed E-state index contributed by atoms with van der Waals surface area (Å²) in [6, 6.07) is -0.104. The fourth-order valence-electron chi connectivity index (χ4n) is 2.59. The third-order valence-electron chi connectivity index (χ3n) is 3.99. The number of morpholine rings is 1. The van der Waals surface area contributed by atoms with Crippen molar-refractivity contribution >= 4 is 0 Å². The van der Waals surface area contributed by atoms with Crippen molar-refractivity contribution in [3.05, 3.63) is 11.9 Å². The van der Waals surface area contributed by atoms with Gasteiger partial charge < -0.3 is 10.5 Å². The van der Waals surface area contributed by atoms with E-state index in [1.165, 1.54) is 0 Å². The van der Waals surface area contributed by atoms with Crippen molar-refractivity contribution in [2.75, 3.05) is 26.3 Å². The smallest absolute Gasteiger partial charge is 0.0773 e. The van der Waals surface area contributed by atoms with Gasteiger partial charge in [-0.25, -0.2) is 4.68 Å². The third kappa shape index (κ3) is 2.96. The lowest BCUT2D eigenvalue weighted by atomic mass is 9.90. The Labute approximate surface area is 114 Å². The van der Waals surface area contributed by atoms with E-state index >= 15 is 0 Å². The zero-order valence-electron chi connectivity index (χ0n) is 12.2. The summed E-state index contributed by atoms with van der Waals surface area (Å²) >= 11 is 0. The lowest BCUT2D eigenvalue weighted by Gasteiger charge is -2.44. The minimum atomic E-state index is -0.128. The fraction of sp³-hybridized carbons (Fsp3) is 0.846. The lowest BCUT2D eigenvalue weighted by molar-refractivity contribution is -0.0199. The van der Waals surface area contributed by atoms with Crippen molar-refractivity contribution in [2.45, 2.75) is 45.3 Å². The van der Waals surface area contributed by atoms with E-state index in [0.717, 1.165) is 45.0 Å². The van der Waals surface area contributed by atoms with Gasteiger partial charge in [-0.05, 0) is 20.3 Å². The first-order chi connectivity index (χ1) is 9.07. The molecule has 1 aliphatic rings. The average Bonchev–Trinajstić information content (AvgIpc) is 2.87. The summed E-state index contributed by atoms with van der Waals surface area (Å²) in [6.45, 7) is 10.8. The Morgan fingerprint density at radius 3 is 2.74 bits per heavy atom. The molecule has 1 aromatic rings. The Hall–Kier alpha value is -0.980. The summed E-state index contributed by atoms with van der Waals surface area (Å²) in [7, 11) is 0. The molecule has 2 heterocycles. The normalized spacial score (nSPS) is 19.6. The highest BCUT2D eigenvalue weighted by atomic mass is 16.5. The van der Waals surface area contributed by atoms with Gasteiger partial charge in [0.05, 0.1) is 31.1 Å². The highest BCUT2D eigenvalue weighted by molar-refractivity contribution is 5.10. The molecule has 19 heavy (non-hydrogen) atoms. The lowest BCUT2D eigenvalue weighted by Crippen LogP contribution is -2.55. The predicted octanol–water partition coefficient (Wildman–Crippen LogP) is 0.799. The molecule has 6 heteroatoms. The van der Waals surface area contributed by atoms with Crippen molar-refractivity contribution in [3.63, 3.8) is 0 Å². The molecule has 0 aromatic carbocycles. The minimum Gasteiger partial charge on any atom is -0.379 e. The van der Waals surface area contributed by atoms with Gasteiger partial charge in [-0.2, -0.15) is 0 Å². The zero-order chi connectivity index (χ0) is 13.9. The van der Waals surface area contributed by atoms with Gasteiger partial charge in [0.15, 0.2) is 0 Å². The molecule has 0 aliphatic carbocycles. The number of nitrogens with two attached hydrogens (primary N) is 1. The summed E-state index contributed by atoms with van der Waals surface area (Å²) in [5, 5.41) is 8.14. The maximum Gasteiger partial charge on any atom is 0.0773 e. The molecule has 1 atom stereocenters. The average molecular weight is 267 g/mol. The highest BCUT2D eigenvalue weighted by Gasteiger charge is 2.36. The zero-order valence-corrected chi connectivity index (χ0v) is 12.2. The molecule has 6 nitrogen and oxygen atoms in total. The van der Waals surface area contributed by atoms with Crippen LogP contribution in [0.2, 0.25) is 0 Å². The van der Waals surface area contributed by atoms with E-state index in [2.05, 4.69) is 36.0 Å². The van der Waals surface area contributed by atoms with Crippen molar-refractivity contribution in [2.24, 2.45) is 5.73 Å². The van der Waals surface area contributed by atoms with Crippen LogP contribution in [0.25, 0.3) is 0 Å². The number of aromatic nitrogens is 3. The van der Waals surface area contributed by atoms with Crippen LogP contribution in [-0.2, 0) is 11.3 Å². The molecule has 0 spiro atoms. The Balaban J connectivity index is 2.16. The predicted molar refractivity (Wildman–Crippen MR) is 73.7 cm³/mol. The number of hydrogen-bond donors (Lipinski definition) is 1. The van der Waals surface area contributed by atoms with Crippen LogP contribution in [0.3, 0.4) is 0 Å². The quantitative estimate of drug-likeness (QED) is 0.854. The molecule has 0 amide bonds. The van der Waals surface area contributed by atoms with E-state index < -0.39 is 0 Å². The second-order valence-electron chi connectivity index (χ2n) is 5.61. The van der Waals surface area contributed by atoms with Crippen LogP contribution >= 0.6 is 0 Å². The SMILES string of the molecule is CCCn1nncc1C(N)C(C)(C)N1CCOCC1. The molecular formula is C13H25N5O. The van der Waals surface area contributed by atoms with Gasteiger partial charge in [-0.1, -0.05) is 12.1 Å². The summed E-state index contributed by atoms with van der Waals surface area (Å²) < 4.78 is 7.34. The molecule has 0 bridgehead atoms. The van der Waals surface area contributed by atoms with Crippen LogP contribution in [0.15, 0.2) is 6.20 Å². The van der Waals surface area contributed by atoms with Gasteiger partial charge >= 0.3 is 0 Å². The molecule has 1 aromatic heterocycles. The highest BCUT2D eigenvalue weighted by Crippen LogP contribution is 2.29. The largest absolute Gasteiger partial charge is 0.379 e. The van der Waals surface area contributed by atoms with Gasteiger partial charge in [0.25, 0.3) is 0 Å². The van der Waals surface area contributed by atoms with Gasteiger partial charge in [0.1, 0.15) is 0 Å². The molecule has 0 radical (unpaired) electrons. The van der Waals surface area contributed by atoms with Crippen molar-refractivity contribution in [3.8, 4) is 0 Å². The number of ether oxygens (including phenoxy) is 1. The maximum atomic E-state index is 6.50. The Kier molecular flexibility index (Phi) is 4.54.